The van der Waals surface area contributed by atoms with Crippen molar-refractivity contribution in [3.05, 3.63) is 50.4 Å². The van der Waals surface area contributed by atoms with Crippen LogP contribution in [0.3, 0.4) is 0 Å². The number of aromatic nitrogens is 3. The Morgan fingerprint density at radius 1 is 1.42 bits per heavy atom. The smallest absolute Gasteiger partial charge is 0.268 e. The molecule has 4 heterocycles. The molecular weight excluding hydrogens is 418 g/mol. The summed E-state index contributed by atoms with van der Waals surface area (Å²) in [4.78, 5) is 33.5. The third kappa shape index (κ3) is 3.04. The highest BCUT2D eigenvalue weighted by Gasteiger charge is 2.23. The first-order valence-corrected chi connectivity index (χ1v) is 9.56. The molecule has 0 radical (unpaired) electrons. The van der Waals surface area contributed by atoms with Crippen LogP contribution < -0.4 is 10.6 Å². The quantitative estimate of drug-likeness (QED) is 0.666. The van der Waals surface area contributed by atoms with Crippen molar-refractivity contribution >= 4 is 45.0 Å². The van der Waals surface area contributed by atoms with Gasteiger partial charge in [-0.2, -0.15) is 0 Å². The normalized spacial score (nSPS) is 13.2. The number of hydrogen-bond donors (Lipinski definition) is 2. The molecule has 0 aliphatic carbocycles. The number of thiophene rings is 1. The van der Waals surface area contributed by atoms with Crippen LogP contribution in [0.1, 0.15) is 25.7 Å². The Bertz CT molecular complexity index is 1030. The van der Waals surface area contributed by atoms with Gasteiger partial charge in [0.2, 0.25) is 5.95 Å². The van der Waals surface area contributed by atoms with Crippen LogP contribution in [0.2, 0.25) is 0 Å². The summed E-state index contributed by atoms with van der Waals surface area (Å²) in [5.74, 6) is -0.108. The van der Waals surface area contributed by atoms with Crippen LogP contribution in [-0.4, -0.2) is 32.9 Å². The number of nitrogens with zero attached hydrogens (tertiary/aromatic N) is 3. The molecule has 0 bridgehead atoms. The molecule has 0 saturated heterocycles. The van der Waals surface area contributed by atoms with Gasteiger partial charge in [0, 0.05) is 41.8 Å². The van der Waals surface area contributed by atoms with Crippen molar-refractivity contribution < 1.29 is 9.59 Å². The van der Waals surface area contributed by atoms with Crippen molar-refractivity contribution in [2.45, 2.75) is 6.42 Å². The second-order valence-electron chi connectivity index (χ2n) is 5.80. The van der Waals surface area contributed by atoms with Crippen LogP contribution in [0, 0.1) is 0 Å². The van der Waals surface area contributed by atoms with Crippen LogP contribution in [0.25, 0.3) is 11.4 Å². The summed E-state index contributed by atoms with van der Waals surface area (Å²) < 4.78 is 2.83. The molecule has 3 aromatic rings. The first-order chi connectivity index (χ1) is 12.5. The highest BCUT2D eigenvalue weighted by molar-refractivity contribution is 9.10. The Morgan fingerprint density at radius 2 is 2.27 bits per heavy atom. The lowest BCUT2D eigenvalue weighted by Crippen LogP contribution is -2.31. The van der Waals surface area contributed by atoms with Crippen molar-refractivity contribution in [3.8, 4) is 11.4 Å². The van der Waals surface area contributed by atoms with E-state index in [2.05, 4.69) is 36.5 Å². The van der Waals surface area contributed by atoms with Gasteiger partial charge in [-0.25, -0.2) is 9.97 Å². The molecule has 4 rings (SSSR count). The fourth-order valence-electron chi connectivity index (χ4n) is 2.93. The molecule has 7 nitrogen and oxygen atoms in total. The maximum atomic E-state index is 12.3. The van der Waals surface area contributed by atoms with Gasteiger partial charge in [0.1, 0.15) is 0 Å². The topological polar surface area (TPSA) is 88.9 Å². The SMILES string of the molecule is Cn1c(-c2ccnc(NC(=O)c3cc(Br)cs3)n2)cc2c1CCNC2=O. The zero-order valence-corrected chi connectivity index (χ0v) is 16.1. The lowest BCUT2D eigenvalue weighted by Gasteiger charge is -2.14. The fourth-order valence-corrected chi connectivity index (χ4v) is 4.26. The minimum atomic E-state index is -0.261. The summed E-state index contributed by atoms with van der Waals surface area (Å²) in [6.45, 7) is 0.630. The van der Waals surface area contributed by atoms with E-state index in [0.717, 1.165) is 22.3 Å². The molecule has 0 saturated carbocycles. The Morgan fingerprint density at radius 3 is 3.00 bits per heavy atom. The van der Waals surface area contributed by atoms with Crippen molar-refractivity contribution in [2.24, 2.45) is 7.05 Å². The fraction of sp³-hybridized carbons (Fsp3) is 0.176. The molecule has 9 heteroatoms. The number of halogens is 1. The van der Waals surface area contributed by atoms with Gasteiger partial charge in [-0.15, -0.1) is 11.3 Å². The van der Waals surface area contributed by atoms with E-state index >= 15 is 0 Å². The Balaban J connectivity index is 1.64. The average Bonchev–Trinajstić information content (AvgIpc) is 3.20. The summed E-state index contributed by atoms with van der Waals surface area (Å²) in [5, 5.41) is 7.39. The van der Waals surface area contributed by atoms with Crippen LogP contribution in [0.15, 0.2) is 34.2 Å². The second-order valence-corrected chi connectivity index (χ2v) is 7.63. The van der Waals surface area contributed by atoms with E-state index in [9.17, 15) is 9.59 Å². The van der Waals surface area contributed by atoms with Crippen molar-refractivity contribution in [2.75, 3.05) is 11.9 Å². The molecule has 0 aromatic carbocycles. The average molecular weight is 432 g/mol. The highest BCUT2D eigenvalue weighted by Crippen LogP contribution is 2.26. The Kier molecular flexibility index (Phi) is 4.33. The molecule has 1 aliphatic heterocycles. The molecule has 0 fully saturated rings. The largest absolute Gasteiger partial charge is 0.352 e. The van der Waals surface area contributed by atoms with Crippen LogP contribution in [-0.2, 0) is 13.5 Å². The van der Waals surface area contributed by atoms with E-state index in [-0.39, 0.29) is 17.8 Å². The van der Waals surface area contributed by atoms with Gasteiger partial charge in [0.25, 0.3) is 11.8 Å². The number of carbonyl (C=O) groups excluding carboxylic acids is 2. The van der Waals surface area contributed by atoms with Crippen molar-refractivity contribution in [1.82, 2.24) is 19.9 Å². The van der Waals surface area contributed by atoms with E-state index in [0.29, 0.717) is 22.7 Å². The van der Waals surface area contributed by atoms with Crippen LogP contribution in [0.4, 0.5) is 5.95 Å². The molecule has 2 amide bonds. The number of nitrogens with one attached hydrogen (secondary N) is 2. The zero-order valence-electron chi connectivity index (χ0n) is 13.7. The minimum absolute atomic E-state index is 0.0704. The number of carbonyl (C=O) groups is 2. The van der Waals surface area contributed by atoms with Crippen LogP contribution in [0.5, 0.6) is 0 Å². The third-order valence-electron chi connectivity index (χ3n) is 4.18. The number of anilines is 1. The highest BCUT2D eigenvalue weighted by atomic mass is 79.9. The van der Waals surface area contributed by atoms with Gasteiger partial charge in [-0.3, -0.25) is 14.9 Å². The van der Waals surface area contributed by atoms with Crippen LogP contribution >= 0.6 is 27.3 Å². The van der Waals surface area contributed by atoms with Gasteiger partial charge in [-0.1, -0.05) is 0 Å². The first kappa shape index (κ1) is 16.9. The number of rotatable bonds is 3. The summed E-state index contributed by atoms with van der Waals surface area (Å²) in [6, 6.07) is 5.33. The number of hydrogen-bond acceptors (Lipinski definition) is 5. The van der Waals surface area contributed by atoms with E-state index in [1.165, 1.54) is 11.3 Å². The standard InChI is InChI=1S/C17H14BrN5O2S/c1-23-12-3-5-19-15(24)10(12)7-13(23)11-2-4-20-17(21-11)22-16(25)14-6-9(18)8-26-14/h2,4,6-8H,3,5H2,1H3,(H,19,24)(H,20,21,22,25). The van der Waals surface area contributed by atoms with Gasteiger partial charge >= 0.3 is 0 Å². The van der Waals surface area contributed by atoms with Gasteiger partial charge < -0.3 is 9.88 Å². The molecule has 0 atom stereocenters. The van der Waals surface area contributed by atoms with E-state index in [1.54, 1.807) is 18.3 Å². The summed E-state index contributed by atoms with van der Waals surface area (Å²) in [6.07, 6.45) is 2.37. The molecule has 1 aliphatic rings. The Labute approximate surface area is 161 Å². The predicted molar refractivity (Wildman–Crippen MR) is 102 cm³/mol. The summed E-state index contributed by atoms with van der Waals surface area (Å²) in [5.41, 5.74) is 3.11. The second kappa shape index (κ2) is 6.65. The van der Waals surface area contributed by atoms with E-state index in [1.807, 2.05) is 23.1 Å². The Hall–Kier alpha value is -2.52. The van der Waals surface area contributed by atoms with Crippen molar-refractivity contribution in [3.63, 3.8) is 0 Å². The van der Waals surface area contributed by atoms with Gasteiger partial charge in [0.15, 0.2) is 0 Å². The molecule has 3 aromatic heterocycles. The van der Waals surface area contributed by atoms with Crippen molar-refractivity contribution in [1.29, 1.82) is 0 Å². The molecular formula is C17H14BrN5O2S. The monoisotopic (exact) mass is 431 g/mol. The van der Waals surface area contributed by atoms with E-state index < -0.39 is 0 Å². The summed E-state index contributed by atoms with van der Waals surface area (Å²) >= 11 is 4.67. The number of fused-ring (bicyclic) bond motifs is 1. The van der Waals surface area contributed by atoms with E-state index in [4.69, 9.17) is 0 Å². The molecule has 2 N–H and O–H groups in total. The maximum Gasteiger partial charge on any atom is 0.268 e. The lowest BCUT2D eigenvalue weighted by atomic mass is 10.1. The predicted octanol–water partition coefficient (Wildman–Crippen LogP) is 2.84. The summed E-state index contributed by atoms with van der Waals surface area (Å²) in [7, 11) is 1.91. The molecule has 26 heavy (non-hydrogen) atoms. The molecule has 132 valence electrons. The molecule has 0 spiro atoms. The third-order valence-corrected chi connectivity index (χ3v) is 5.87. The zero-order chi connectivity index (χ0) is 18.3. The maximum absolute atomic E-state index is 12.3. The molecule has 0 unspecified atom stereocenters. The minimum Gasteiger partial charge on any atom is -0.352 e. The van der Waals surface area contributed by atoms with Gasteiger partial charge in [0.05, 0.1) is 21.8 Å². The lowest BCUT2D eigenvalue weighted by molar-refractivity contribution is 0.0944. The first-order valence-electron chi connectivity index (χ1n) is 7.88. The number of amides is 2. The van der Waals surface area contributed by atoms with Gasteiger partial charge in [-0.05, 0) is 34.1 Å².